The molecule has 7 nitrogen and oxygen atoms in total. The third kappa shape index (κ3) is 4.60. The van der Waals surface area contributed by atoms with Crippen LogP contribution in [-0.2, 0) is 16.6 Å². The van der Waals surface area contributed by atoms with Crippen LogP contribution in [0.25, 0.3) is 22.0 Å². The summed E-state index contributed by atoms with van der Waals surface area (Å²) < 4.78 is 1.95. The van der Waals surface area contributed by atoms with Crippen molar-refractivity contribution in [3.8, 4) is 22.0 Å². The number of thiazole rings is 1. The maximum atomic E-state index is 13.0. The average Bonchev–Trinajstić information content (AvgIpc) is 3.39. The van der Waals surface area contributed by atoms with Crippen LogP contribution < -0.4 is 5.32 Å². The standard InChI is InChI=1S/C24H29N5O2S/c1-24(2,3)22(31)29-13-10-17(11-14-29)21(30)27-23-26-18(16-8-6-5-7-9-16)19(32-23)20-25-12-15-28(20)4/h5-9,12,15,17H,10-11,13-14H2,1-4H3,(H,26,27,30). The molecule has 0 aliphatic carbocycles. The van der Waals surface area contributed by atoms with Crippen LogP contribution in [0.1, 0.15) is 33.6 Å². The van der Waals surface area contributed by atoms with E-state index in [0.29, 0.717) is 31.1 Å². The van der Waals surface area contributed by atoms with E-state index in [1.54, 1.807) is 6.20 Å². The van der Waals surface area contributed by atoms with Crippen LogP contribution in [0.15, 0.2) is 42.7 Å². The Morgan fingerprint density at radius 3 is 2.41 bits per heavy atom. The van der Waals surface area contributed by atoms with Gasteiger partial charge in [-0.1, -0.05) is 62.4 Å². The highest BCUT2D eigenvalue weighted by molar-refractivity contribution is 7.19. The van der Waals surface area contributed by atoms with Crippen molar-refractivity contribution in [3.05, 3.63) is 42.7 Å². The van der Waals surface area contributed by atoms with E-state index in [1.165, 1.54) is 11.3 Å². The molecule has 0 radical (unpaired) electrons. The van der Waals surface area contributed by atoms with Crippen molar-refractivity contribution in [2.24, 2.45) is 18.4 Å². The number of aryl methyl sites for hydroxylation is 1. The number of rotatable bonds is 4. The van der Waals surface area contributed by atoms with Crippen molar-refractivity contribution in [2.75, 3.05) is 18.4 Å². The van der Waals surface area contributed by atoms with Crippen molar-refractivity contribution in [3.63, 3.8) is 0 Å². The molecule has 1 N–H and O–H groups in total. The Morgan fingerprint density at radius 1 is 1.12 bits per heavy atom. The number of nitrogens with one attached hydrogen (secondary N) is 1. The molecular formula is C24H29N5O2S. The van der Waals surface area contributed by atoms with E-state index in [9.17, 15) is 9.59 Å². The van der Waals surface area contributed by atoms with Crippen molar-refractivity contribution < 1.29 is 9.59 Å². The summed E-state index contributed by atoms with van der Waals surface area (Å²) in [4.78, 5) is 37.5. The Hall–Kier alpha value is -3.00. The van der Waals surface area contributed by atoms with Gasteiger partial charge in [-0.2, -0.15) is 0 Å². The van der Waals surface area contributed by atoms with Gasteiger partial charge in [-0.05, 0) is 12.8 Å². The predicted octanol–water partition coefficient (Wildman–Crippen LogP) is 4.43. The number of carbonyl (C=O) groups is 2. The lowest BCUT2D eigenvalue weighted by atomic mass is 9.91. The van der Waals surface area contributed by atoms with Crippen molar-refractivity contribution in [2.45, 2.75) is 33.6 Å². The smallest absolute Gasteiger partial charge is 0.229 e. The molecule has 4 rings (SSSR count). The molecule has 3 aromatic rings. The van der Waals surface area contributed by atoms with Crippen molar-refractivity contribution in [1.82, 2.24) is 19.4 Å². The minimum absolute atomic E-state index is 0.0346. The molecule has 32 heavy (non-hydrogen) atoms. The molecule has 0 atom stereocenters. The van der Waals surface area contributed by atoms with Crippen LogP contribution in [0.2, 0.25) is 0 Å². The topological polar surface area (TPSA) is 80.1 Å². The lowest BCUT2D eigenvalue weighted by Crippen LogP contribution is -2.45. The van der Waals surface area contributed by atoms with Crippen LogP contribution >= 0.6 is 11.3 Å². The molecule has 8 heteroatoms. The molecule has 0 unspecified atom stereocenters. The molecule has 0 saturated carbocycles. The first-order chi connectivity index (χ1) is 15.2. The number of nitrogens with zero attached hydrogens (tertiary/aromatic N) is 4. The van der Waals surface area contributed by atoms with Gasteiger partial charge in [0, 0.05) is 49.4 Å². The molecule has 3 heterocycles. The summed E-state index contributed by atoms with van der Waals surface area (Å²) in [6, 6.07) is 9.93. The number of hydrogen-bond donors (Lipinski definition) is 1. The minimum Gasteiger partial charge on any atom is -0.342 e. The molecule has 2 amide bonds. The quantitative estimate of drug-likeness (QED) is 0.636. The molecule has 0 spiro atoms. The summed E-state index contributed by atoms with van der Waals surface area (Å²) in [5.74, 6) is 0.798. The third-order valence-corrected chi connectivity index (χ3v) is 6.69. The molecule has 1 aliphatic rings. The molecule has 1 fully saturated rings. The van der Waals surface area contributed by atoms with Crippen LogP contribution in [0, 0.1) is 11.3 Å². The highest BCUT2D eigenvalue weighted by Gasteiger charge is 2.32. The summed E-state index contributed by atoms with van der Waals surface area (Å²) in [6.07, 6.45) is 4.98. The van der Waals surface area contributed by atoms with E-state index in [0.717, 1.165) is 22.0 Å². The van der Waals surface area contributed by atoms with Gasteiger partial charge in [-0.25, -0.2) is 9.97 Å². The number of aromatic nitrogens is 3. The van der Waals surface area contributed by atoms with Gasteiger partial charge in [0.1, 0.15) is 0 Å². The van der Waals surface area contributed by atoms with E-state index < -0.39 is 5.41 Å². The number of imidazole rings is 1. The fraction of sp³-hybridized carbons (Fsp3) is 0.417. The van der Waals surface area contributed by atoms with E-state index >= 15 is 0 Å². The van der Waals surface area contributed by atoms with Gasteiger partial charge in [-0.15, -0.1) is 0 Å². The molecule has 0 bridgehead atoms. The Bertz CT molecular complexity index is 1110. The van der Waals surface area contributed by atoms with Gasteiger partial charge in [0.25, 0.3) is 0 Å². The minimum atomic E-state index is -0.398. The van der Waals surface area contributed by atoms with Crippen LogP contribution in [-0.4, -0.2) is 44.3 Å². The summed E-state index contributed by atoms with van der Waals surface area (Å²) >= 11 is 1.44. The molecule has 2 aromatic heterocycles. The van der Waals surface area contributed by atoms with E-state index in [2.05, 4.69) is 10.3 Å². The lowest BCUT2D eigenvalue weighted by molar-refractivity contribution is -0.142. The predicted molar refractivity (Wildman–Crippen MR) is 127 cm³/mol. The van der Waals surface area contributed by atoms with Gasteiger partial charge in [0.05, 0.1) is 10.6 Å². The number of amides is 2. The van der Waals surface area contributed by atoms with Gasteiger partial charge in [0.2, 0.25) is 11.8 Å². The first kappa shape index (κ1) is 22.2. The average molecular weight is 452 g/mol. The monoisotopic (exact) mass is 451 g/mol. The second-order valence-electron chi connectivity index (χ2n) is 9.23. The molecule has 1 aliphatic heterocycles. The number of anilines is 1. The fourth-order valence-corrected chi connectivity index (χ4v) is 4.96. The summed E-state index contributed by atoms with van der Waals surface area (Å²) in [6.45, 7) is 7.01. The number of carbonyl (C=O) groups excluding carboxylic acids is 2. The van der Waals surface area contributed by atoms with Gasteiger partial charge >= 0.3 is 0 Å². The Balaban J connectivity index is 1.50. The Morgan fingerprint density at radius 2 is 1.81 bits per heavy atom. The molecule has 1 aromatic carbocycles. The second-order valence-corrected chi connectivity index (χ2v) is 10.2. The summed E-state index contributed by atoms with van der Waals surface area (Å²) in [5.41, 5.74) is 1.40. The lowest BCUT2D eigenvalue weighted by Gasteiger charge is -2.35. The zero-order valence-electron chi connectivity index (χ0n) is 19.0. The molecule has 1 saturated heterocycles. The van der Waals surface area contributed by atoms with Crippen LogP contribution in [0.5, 0.6) is 0 Å². The summed E-state index contributed by atoms with van der Waals surface area (Å²) in [5, 5.41) is 3.60. The fourth-order valence-electron chi connectivity index (χ4n) is 3.93. The van der Waals surface area contributed by atoms with E-state index in [-0.39, 0.29) is 17.7 Å². The van der Waals surface area contributed by atoms with Crippen LogP contribution in [0.3, 0.4) is 0 Å². The van der Waals surface area contributed by atoms with E-state index in [4.69, 9.17) is 4.98 Å². The Labute approximate surface area is 192 Å². The molecular weight excluding hydrogens is 422 g/mol. The van der Waals surface area contributed by atoms with Gasteiger partial charge < -0.3 is 14.8 Å². The normalized spacial score (nSPS) is 15.1. The van der Waals surface area contributed by atoms with Crippen LogP contribution in [0.4, 0.5) is 5.13 Å². The molecule has 168 valence electrons. The highest BCUT2D eigenvalue weighted by Crippen LogP contribution is 2.38. The van der Waals surface area contributed by atoms with Crippen molar-refractivity contribution >= 4 is 28.3 Å². The Kier molecular flexibility index (Phi) is 6.15. The zero-order chi connectivity index (χ0) is 22.9. The SMILES string of the molecule is Cn1ccnc1-c1sc(NC(=O)C2CCN(C(=O)C(C)(C)C)CC2)nc1-c1ccccc1. The first-order valence-electron chi connectivity index (χ1n) is 10.9. The third-order valence-electron chi connectivity index (χ3n) is 5.72. The summed E-state index contributed by atoms with van der Waals surface area (Å²) in [7, 11) is 1.95. The maximum absolute atomic E-state index is 13.0. The van der Waals surface area contributed by atoms with Gasteiger partial charge in [-0.3, -0.25) is 9.59 Å². The second kappa shape index (κ2) is 8.86. The number of benzene rings is 1. The highest BCUT2D eigenvalue weighted by atomic mass is 32.1. The largest absolute Gasteiger partial charge is 0.342 e. The first-order valence-corrected chi connectivity index (χ1v) is 11.7. The number of likely N-dealkylation sites (tertiary alicyclic amines) is 1. The number of hydrogen-bond acceptors (Lipinski definition) is 5. The maximum Gasteiger partial charge on any atom is 0.229 e. The van der Waals surface area contributed by atoms with E-state index in [1.807, 2.05) is 73.8 Å². The zero-order valence-corrected chi connectivity index (χ0v) is 19.8. The van der Waals surface area contributed by atoms with Gasteiger partial charge in [0.15, 0.2) is 11.0 Å². The number of piperidine rings is 1. The van der Waals surface area contributed by atoms with Crippen molar-refractivity contribution in [1.29, 1.82) is 0 Å².